The first-order chi connectivity index (χ1) is 8.40. The van der Waals surface area contributed by atoms with Gasteiger partial charge in [0.2, 0.25) is 0 Å². The van der Waals surface area contributed by atoms with Crippen LogP contribution in [0.25, 0.3) is 0 Å². The Morgan fingerprint density at radius 2 is 2.11 bits per heavy atom. The van der Waals surface area contributed by atoms with Gasteiger partial charge in [0.05, 0.1) is 18.8 Å². The van der Waals surface area contributed by atoms with Crippen LogP contribution < -0.4 is 10.6 Å². The van der Waals surface area contributed by atoms with Crippen LogP contribution in [0.1, 0.15) is 20.4 Å². The van der Waals surface area contributed by atoms with E-state index in [2.05, 4.69) is 10.3 Å². The van der Waals surface area contributed by atoms with E-state index in [-0.39, 0.29) is 11.4 Å². The molecule has 9 heteroatoms. The Morgan fingerprint density at radius 3 is 2.61 bits per heavy atom. The fourth-order valence-corrected chi connectivity index (χ4v) is 1.96. The Bertz CT molecular complexity index is 450. The molecule has 3 N–H and O–H groups in total. The molecule has 0 saturated carbocycles. The van der Waals surface area contributed by atoms with Crippen LogP contribution >= 0.6 is 11.3 Å². The van der Waals surface area contributed by atoms with Gasteiger partial charge in [-0.2, -0.15) is 0 Å². The van der Waals surface area contributed by atoms with Crippen LogP contribution in [-0.2, 0) is 6.54 Å². The average molecular weight is 279 g/mol. The molecule has 0 fully saturated rings. The van der Waals surface area contributed by atoms with Crippen LogP contribution in [0.5, 0.6) is 0 Å². The highest BCUT2D eigenvalue weighted by Gasteiger charge is 2.14. The average Bonchev–Trinajstić information content (AvgIpc) is 2.65. The lowest BCUT2D eigenvalue weighted by Crippen LogP contribution is -2.37. The van der Waals surface area contributed by atoms with Gasteiger partial charge in [0, 0.05) is 0 Å². The summed E-state index contributed by atoms with van der Waals surface area (Å²) < 4.78 is 23.6. The second-order valence-electron chi connectivity index (χ2n) is 3.28. The van der Waals surface area contributed by atoms with Crippen LogP contribution in [0.2, 0.25) is 0 Å². The number of alkyl halides is 2. The highest BCUT2D eigenvalue weighted by Crippen LogP contribution is 2.17. The highest BCUT2D eigenvalue weighted by atomic mass is 32.1. The highest BCUT2D eigenvalue weighted by molar-refractivity contribution is 7.13. The van der Waals surface area contributed by atoms with E-state index < -0.39 is 25.0 Å². The summed E-state index contributed by atoms with van der Waals surface area (Å²) >= 11 is 0.933. The Balaban J connectivity index is 2.46. The predicted octanol–water partition coefficient (Wildman–Crippen LogP) is 1.21. The maximum atomic E-state index is 11.8. The monoisotopic (exact) mass is 279 g/mol. The smallest absolute Gasteiger partial charge is 0.347 e. The van der Waals surface area contributed by atoms with Crippen molar-refractivity contribution < 1.29 is 23.5 Å². The Kier molecular flexibility index (Phi) is 4.95. The van der Waals surface area contributed by atoms with Crippen molar-refractivity contribution in [1.29, 1.82) is 0 Å². The van der Waals surface area contributed by atoms with Gasteiger partial charge in [0.1, 0.15) is 9.88 Å². The molecular weight excluding hydrogens is 268 g/mol. The number of hydrogen-bond acceptors (Lipinski definition) is 4. The lowest BCUT2D eigenvalue weighted by Gasteiger charge is -2.04. The SMILES string of the molecule is Cc1nc(CNC(=O)NCC(F)F)sc1C(=O)O. The zero-order valence-electron chi connectivity index (χ0n) is 9.37. The molecule has 0 radical (unpaired) electrons. The molecule has 0 aromatic carbocycles. The summed E-state index contributed by atoms with van der Waals surface area (Å²) in [6, 6.07) is -0.750. The number of carboxylic acids is 1. The molecule has 1 heterocycles. The summed E-state index contributed by atoms with van der Waals surface area (Å²) in [4.78, 5) is 25.8. The topological polar surface area (TPSA) is 91.3 Å². The van der Waals surface area contributed by atoms with Crippen LogP contribution in [0.3, 0.4) is 0 Å². The Labute approximate surface area is 105 Å². The molecule has 1 aromatic rings. The van der Waals surface area contributed by atoms with Gasteiger partial charge in [0.25, 0.3) is 6.43 Å². The zero-order valence-corrected chi connectivity index (χ0v) is 10.2. The molecule has 0 spiro atoms. The number of urea groups is 1. The summed E-state index contributed by atoms with van der Waals surface area (Å²) in [5.74, 6) is -1.08. The van der Waals surface area contributed by atoms with E-state index in [0.29, 0.717) is 10.7 Å². The minimum Gasteiger partial charge on any atom is -0.477 e. The first-order valence-corrected chi connectivity index (χ1v) is 5.71. The quantitative estimate of drug-likeness (QED) is 0.755. The number of thiazole rings is 1. The van der Waals surface area contributed by atoms with Crippen LogP contribution in [0.15, 0.2) is 0 Å². The number of nitrogens with zero attached hydrogens (tertiary/aromatic N) is 1. The molecule has 0 atom stereocenters. The van der Waals surface area contributed by atoms with E-state index in [9.17, 15) is 18.4 Å². The number of aromatic carboxylic acids is 1. The van der Waals surface area contributed by atoms with Crippen molar-refractivity contribution in [2.75, 3.05) is 6.54 Å². The Hall–Kier alpha value is -1.77. The van der Waals surface area contributed by atoms with Gasteiger partial charge in [-0.15, -0.1) is 11.3 Å². The standard InChI is InChI=1S/C9H11F2N3O3S/c1-4-7(8(15)16)18-6(14-4)3-13-9(17)12-2-5(10)11/h5H,2-3H2,1H3,(H,15,16)(H2,12,13,17). The van der Waals surface area contributed by atoms with E-state index in [1.807, 2.05) is 5.32 Å². The summed E-state index contributed by atoms with van der Waals surface area (Å²) in [5.41, 5.74) is 0.359. The number of rotatable bonds is 5. The molecule has 0 bridgehead atoms. The van der Waals surface area contributed by atoms with Crippen molar-refractivity contribution in [1.82, 2.24) is 15.6 Å². The van der Waals surface area contributed by atoms with Crippen molar-refractivity contribution in [2.45, 2.75) is 19.9 Å². The third-order valence-corrected chi connectivity index (χ3v) is 3.00. The van der Waals surface area contributed by atoms with Crippen LogP contribution in [-0.4, -0.2) is 35.1 Å². The molecule has 0 aliphatic rings. The largest absolute Gasteiger partial charge is 0.477 e. The van der Waals surface area contributed by atoms with Gasteiger partial charge in [-0.1, -0.05) is 0 Å². The summed E-state index contributed by atoms with van der Waals surface area (Å²) in [5, 5.41) is 13.5. The second-order valence-corrected chi connectivity index (χ2v) is 4.37. The van der Waals surface area contributed by atoms with Crippen molar-refractivity contribution in [3.05, 3.63) is 15.6 Å². The lowest BCUT2D eigenvalue weighted by atomic mass is 10.4. The molecule has 1 aromatic heterocycles. The van der Waals surface area contributed by atoms with E-state index in [1.165, 1.54) is 0 Å². The maximum Gasteiger partial charge on any atom is 0.347 e. The first kappa shape index (κ1) is 14.3. The molecule has 100 valence electrons. The zero-order chi connectivity index (χ0) is 13.7. The summed E-state index contributed by atoms with van der Waals surface area (Å²) in [6.07, 6.45) is -2.61. The predicted molar refractivity (Wildman–Crippen MR) is 60.1 cm³/mol. The number of carbonyl (C=O) groups excluding carboxylic acids is 1. The number of amides is 2. The summed E-state index contributed by atoms with van der Waals surface area (Å²) in [7, 11) is 0. The summed E-state index contributed by atoms with van der Waals surface area (Å²) in [6.45, 7) is 0.803. The number of hydrogen-bond donors (Lipinski definition) is 3. The maximum absolute atomic E-state index is 11.8. The van der Waals surface area contributed by atoms with Crippen molar-refractivity contribution >= 4 is 23.3 Å². The normalized spacial score (nSPS) is 10.4. The van der Waals surface area contributed by atoms with Gasteiger partial charge in [-0.25, -0.2) is 23.4 Å². The van der Waals surface area contributed by atoms with E-state index in [4.69, 9.17) is 5.11 Å². The number of carboxylic acid groups (broad SMARTS) is 1. The number of halogens is 2. The van der Waals surface area contributed by atoms with E-state index in [1.54, 1.807) is 6.92 Å². The van der Waals surface area contributed by atoms with Crippen molar-refractivity contribution in [3.8, 4) is 0 Å². The molecule has 0 unspecified atom stereocenters. The molecule has 0 aliphatic carbocycles. The Morgan fingerprint density at radius 1 is 1.44 bits per heavy atom. The van der Waals surface area contributed by atoms with Gasteiger partial charge in [-0.3, -0.25) is 0 Å². The molecule has 2 amide bonds. The van der Waals surface area contributed by atoms with Gasteiger partial charge in [0.15, 0.2) is 0 Å². The van der Waals surface area contributed by atoms with Crippen molar-refractivity contribution in [3.63, 3.8) is 0 Å². The number of carbonyl (C=O) groups is 2. The van der Waals surface area contributed by atoms with Gasteiger partial charge < -0.3 is 15.7 Å². The molecule has 18 heavy (non-hydrogen) atoms. The third-order valence-electron chi connectivity index (χ3n) is 1.85. The minimum atomic E-state index is -2.61. The number of aromatic nitrogens is 1. The molecular formula is C9H11F2N3O3S. The third kappa shape index (κ3) is 4.24. The molecule has 6 nitrogen and oxygen atoms in total. The lowest BCUT2D eigenvalue weighted by molar-refractivity contribution is 0.0701. The fraction of sp³-hybridized carbons (Fsp3) is 0.444. The molecule has 1 rings (SSSR count). The van der Waals surface area contributed by atoms with Crippen LogP contribution in [0.4, 0.5) is 13.6 Å². The van der Waals surface area contributed by atoms with Crippen LogP contribution in [0, 0.1) is 6.92 Å². The minimum absolute atomic E-state index is 0.00609. The fourth-order valence-electron chi connectivity index (χ4n) is 1.11. The van der Waals surface area contributed by atoms with Crippen molar-refractivity contribution in [2.24, 2.45) is 0 Å². The van der Waals surface area contributed by atoms with Gasteiger partial charge in [-0.05, 0) is 6.92 Å². The van der Waals surface area contributed by atoms with E-state index >= 15 is 0 Å². The van der Waals surface area contributed by atoms with E-state index in [0.717, 1.165) is 11.3 Å². The molecule has 0 saturated heterocycles. The molecule has 0 aliphatic heterocycles. The first-order valence-electron chi connectivity index (χ1n) is 4.89. The number of aryl methyl sites for hydroxylation is 1. The second kappa shape index (κ2) is 6.24. The van der Waals surface area contributed by atoms with Gasteiger partial charge >= 0.3 is 12.0 Å². The number of nitrogens with one attached hydrogen (secondary N) is 2.